The van der Waals surface area contributed by atoms with Crippen LogP contribution in [0, 0.1) is 0 Å². The Labute approximate surface area is 122 Å². The van der Waals surface area contributed by atoms with Gasteiger partial charge < -0.3 is 9.63 Å². The second-order valence-electron chi connectivity index (χ2n) is 3.38. The maximum absolute atomic E-state index is 10.4. The number of nitrogens with zero attached hydrogens (tertiary/aromatic N) is 2. The lowest BCUT2D eigenvalue weighted by Gasteiger charge is -2.00. The summed E-state index contributed by atoms with van der Waals surface area (Å²) in [6.07, 6.45) is 0. The fraction of sp³-hybridized carbons (Fsp3) is 0.182. The van der Waals surface area contributed by atoms with E-state index in [1.165, 1.54) is 11.8 Å². The summed E-state index contributed by atoms with van der Waals surface area (Å²) in [7, 11) is 0. The molecule has 2 aromatic rings. The highest BCUT2D eigenvalue weighted by atomic mass is 35.5. The number of aliphatic carboxylic acids is 1. The summed E-state index contributed by atoms with van der Waals surface area (Å²) in [5.41, 5.74) is 0. The molecule has 0 unspecified atom stereocenters. The molecule has 0 radical (unpaired) electrons. The third kappa shape index (κ3) is 4.45. The lowest BCUT2D eigenvalue weighted by Crippen LogP contribution is -1.97. The van der Waals surface area contributed by atoms with Crippen LogP contribution in [0.5, 0.6) is 0 Å². The number of benzene rings is 1. The Balaban J connectivity index is 1.90. The first-order valence-electron chi connectivity index (χ1n) is 5.19. The van der Waals surface area contributed by atoms with E-state index in [2.05, 4.69) is 10.1 Å². The molecule has 1 aromatic carbocycles. The van der Waals surface area contributed by atoms with Gasteiger partial charge in [-0.25, -0.2) is 0 Å². The molecular weight excluding hydrogens is 308 g/mol. The van der Waals surface area contributed by atoms with Gasteiger partial charge in [0.05, 0.1) is 10.8 Å². The van der Waals surface area contributed by atoms with Gasteiger partial charge in [-0.3, -0.25) is 4.79 Å². The van der Waals surface area contributed by atoms with Gasteiger partial charge in [0, 0.05) is 4.90 Å². The van der Waals surface area contributed by atoms with Crippen molar-refractivity contribution in [2.75, 3.05) is 5.75 Å². The van der Waals surface area contributed by atoms with E-state index < -0.39 is 5.97 Å². The predicted molar refractivity (Wildman–Crippen MR) is 73.7 cm³/mol. The Bertz CT molecular complexity index is 577. The van der Waals surface area contributed by atoms with E-state index in [9.17, 15) is 4.79 Å². The van der Waals surface area contributed by atoms with Crippen molar-refractivity contribution in [3.05, 3.63) is 35.1 Å². The molecule has 0 saturated heterocycles. The van der Waals surface area contributed by atoms with E-state index in [1.807, 2.05) is 24.3 Å². The minimum absolute atomic E-state index is 0.0979. The molecule has 1 heterocycles. The molecule has 19 heavy (non-hydrogen) atoms. The highest BCUT2D eigenvalue weighted by Gasteiger charge is 2.10. The van der Waals surface area contributed by atoms with Gasteiger partial charge in [0.1, 0.15) is 5.75 Å². The van der Waals surface area contributed by atoms with Crippen molar-refractivity contribution in [3.63, 3.8) is 0 Å². The van der Waals surface area contributed by atoms with E-state index in [4.69, 9.17) is 21.2 Å². The van der Waals surface area contributed by atoms with Crippen LogP contribution in [0.1, 0.15) is 5.82 Å². The van der Waals surface area contributed by atoms with Crippen molar-refractivity contribution in [2.24, 2.45) is 0 Å². The Hall–Kier alpha value is -1.18. The molecule has 0 aliphatic carbocycles. The fourth-order valence-electron chi connectivity index (χ4n) is 1.18. The maximum Gasteiger partial charge on any atom is 0.314 e. The first kappa shape index (κ1) is 14.2. The second-order valence-corrected chi connectivity index (χ2v) is 5.73. The number of rotatable bonds is 6. The summed E-state index contributed by atoms with van der Waals surface area (Å²) >= 11 is 8.52. The number of thioether (sulfide) groups is 2. The Morgan fingerprint density at radius 3 is 2.89 bits per heavy atom. The quantitative estimate of drug-likeness (QED) is 0.820. The third-order valence-electron chi connectivity index (χ3n) is 1.96. The zero-order valence-corrected chi connectivity index (χ0v) is 12.0. The van der Waals surface area contributed by atoms with Crippen LogP contribution in [0.4, 0.5) is 0 Å². The molecule has 2 rings (SSSR count). The minimum Gasteiger partial charge on any atom is -0.481 e. The number of aromatic nitrogens is 2. The third-order valence-corrected chi connectivity index (χ3v) is 4.28. The Kier molecular flexibility index (Phi) is 5.12. The summed E-state index contributed by atoms with van der Waals surface area (Å²) in [5, 5.41) is 13.2. The first-order chi connectivity index (χ1) is 9.15. The van der Waals surface area contributed by atoms with Crippen LogP contribution in [0.2, 0.25) is 5.02 Å². The van der Waals surface area contributed by atoms with Crippen LogP contribution in [0.15, 0.2) is 38.9 Å². The zero-order valence-electron chi connectivity index (χ0n) is 9.58. The van der Waals surface area contributed by atoms with E-state index >= 15 is 0 Å². The molecule has 0 amide bonds. The number of carbonyl (C=O) groups is 1. The molecule has 5 nitrogen and oxygen atoms in total. The average Bonchev–Trinajstić information content (AvgIpc) is 2.83. The molecule has 0 aliphatic heterocycles. The topological polar surface area (TPSA) is 76.2 Å². The van der Waals surface area contributed by atoms with E-state index in [0.29, 0.717) is 16.6 Å². The summed E-state index contributed by atoms with van der Waals surface area (Å²) in [5.74, 6) is 0.00756. The SMILES string of the molecule is O=C(O)CSc1nc(CSc2ccccc2Cl)no1. The molecule has 0 aliphatic rings. The van der Waals surface area contributed by atoms with Gasteiger partial charge in [0.25, 0.3) is 5.22 Å². The molecule has 0 spiro atoms. The number of halogens is 1. The van der Waals surface area contributed by atoms with Crippen LogP contribution in [-0.2, 0) is 10.5 Å². The smallest absolute Gasteiger partial charge is 0.314 e. The van der Waals surface area contributed by atoms with Crippen molar-refractivity contribution in [2.45, 2.75) is 15.9 Å². The highest BCUT2D eigenvalue weighted by molar-refractivity contribution is 7.99. The molecule has 1 aromatic heterocycles. The molecule has 0 fully saturated rings. The summed E-state index contributed by atoms with van der Waals surface area (Å²) in [4.78, 5) is 15.4. The first-order valence-corrected chi connectivity index (χ1v) is 7.54. The van der Waals surface area contributed by atoms with Crippen LogP contribution in [0.3, 0.4) is 0 Å². The Morgan fingerprint density at radius 1 is 1.37 bits per heavy atom. The Morgan fingerprint density at radius 2 is 2.16 bits per heavy atom. The van der Waals surface area contributed by atoms with Gasteiger partial charge in [-0.2, -0.15) is 4.98 Å². The largest absolute Gasteiger partial charge is 0.481 e. The molecular formula is C11H9ClN2O3S2. The van der Waals surface area contributed by atoms with Gasteiger partial charge in [-0.1, -0.05) is 40.7 Å². The summed E-state index contributed by atoms with van der Waals surface area (Å²) < 4.78 is 4.93. The van der Waals surface area contributed by atoms with Gasteiger partial charge in [-0.15, -0.1) is 11.8 Å². The minimum atomic E-state index is -0.921. The van der Waals surface area contributed by atoms with Crippen molar-refractivity contribution in [1.29, 1.82) is 0 Å². The number of carboxylic acid groups (broad SMARTS) is 1. The average molecular weight is 317 g/mol. The van der Waals surface area contributed by atoms with Crippen LogP contribution in [-0.4, -0.2) is 27.0 Å². The second kappa shape index (κ2) is 6.83. The number of hydrogen-bond donors (Lipinski definition) is 1. The monoisotopic (exact) mass is 316 g/mol. The number of hydrogen-bond acceptors (Lipinski definition) is 6. The van der Waals surface area contributed by atoms with E-state index in [0.717, 1.165) is 16.7 Å². The lowest BCUT2D eigenvalue weighted by atomic mass is 10.4. The molecule has 8 heteroatoms. The molecule has 0 bridgehead atoms. The van der Waals surface area contributed by atoms with Crippen molar-refractivity contribution >= 4 is 41.1 Å². The molecule has 0 atom stereocenters. The van der Waals surface area contributed by atoms with Gasteiger partial charge in [0.15, 0.2) is 5.82 Å². The zero-order chi connectivity index (χ0) is 13.7. The van der Waals surface area contributed by atoms with Gasteiger partial charge in [-0.05, 0) is 12.1 Å². The summed E-state index contributed by atoms with van der Waals surface area (Å²) in [6.45, 7) is 0. The van der Waals surface area contributed by atoms with E-state index in [1.54, 1.807) is 0 Å². The van der Waals surface area contributed by atoms with Crippen LogP contribution < -0.4 is 0 Å². The van der Waals surface area contributed by atoms with Crippen molar-refractivity contribution in [3.8, 4) is 0 Å². The van der Waals surface area contributed by atoms with Gasteiger partial charge in [0.2, 0.25) is 0 Å². The molecule has 0 saturated carbocycles. The number of carboxylic acids is 1. The molecule has 1 N–H and O–H groups in total. The normalized spacial score (nSPS) is 10.6. The summed E-state index contributed by atoms with van der Waals surface area (Å²) in [6, 6.07) is 7.49. The lowest BCUT2D eigenvalue weighted by molar-refractivity contribution is -0.133. The maximum atomic E-state index is 10.4. The van der Waals surface area contributed by atoms with E-state index in [-0.39, 0.29) is 11.0 Å². The van der Waals surface area contributed by atoms with Crippen molar-refractivity contribution in [1.82, 2.24) is 10.1 Å². The standard InChI is InChI=1S/C11H9ClN2O3S2/c12-7-3-1-2-4-8(7)18-5-9-13-11(17-14-9)19-6-10(15)16/h1-4H,5-6H2,(H,15,16). The van der Waals surface area contributed by atoms with Crippen LogP contribution >= 0.6 is 35.1 Å². The van der Waals surface area contributed by atoms with Crippen molar-refractivity contribution < 1.29 is 14.4 Å². The van der Waals surface area contributed by atoms with Crippen LogP contribution in [0.25, 0.3) is 0 Å². The van der Waals surface area contributed by atoms with Gasteiger partial charge >= 0.3 is 5.97 Å². The molecule has 100 valence electrons. The predicted octanol–water partition coefficient (Wildman–Crippen LogP) is 3.19. The fourth-order valence-corrected chi connectivity index (χ4v) is 2.77. The highest BCUT2D eigenvalue weighted by Crippen LogP contribution is 2.29.